The molecule has 25 heavy (non-hydrogen) atoms. The van der Waals surface area contributed by atoms with Gasteiger partial charge in [0.05, 0.1) is 10.6 Å². The molecule has 1 heterocycles. The number of carbonyl (C=O) groups excluding carboxylic acids is 2. The molecule has 2 rings (SSSR count). The molecule has 1 amide bonds. The number of non-ortho nitro benzene ring substituents is 1. The first-order chi connectivity index (χ1) is 11.9. The molecule has 2 aromatic rings. The maximum absolute atomic E-state index is 11.7. The number of carbonyl (C=O) groups is 2. The molecule has 0 atom stereocenters. The zero-order valence-corrected chi connectivity index (χ0v) is 13.8. The molecule has 0 radical (unpaired) electrons. The van der Waals surface area contributed by atoms with Crippen LogP contribution >= 0.6 is 0 Å². The number of nitro benzene ring substituents is 1. The second kappa shape index (κ2) is 8.04. The number of aromatic nitrogens is 1. The third kappa shape index (κ3) is 5.13. The van der Waals surface area contributed by atoms with Crippen molar-refractivity contribution in [2.24, 2.45) is 0 Å². The molecule has 9 nitrogen and oxygen atoms in total. The van der Waals surface area contributed by atoms with Gasteiger partial charge in [-0.05, 0) is 32.4 Å². The van der Waals surface area contributed by atoms with Crippen LogP contribution in [0.15, 0.2) is 28.8 Å². The fourth-order valence-electron chi connectivity index (χ4n) is 2.17. The lowest BCUT2D eigenvalue weighted by molar-refractivity contribution is -0.384. The number of hydrogen-bond donors (Lipinski definition) is 1. The number of hydrogen-bond acceptors (Lipinski definition) is 7. The van der Waals surface area contributed by atoms with Gasteiger partial charge in [0, 0.05) is 29.8 Å². The summed E-state index contributed by atoms with van der Waals surface area (Å²) in [4.78, 5) is 33.5. The minimum atomic E-state index is -0.535. The number of nitrogens with one attached hydrogen (secondary N) is 1. The summed E-state index contributed by atoms with van der Waals surface area (Å²) in [6.45, 7) is 3.12. The van der Waals surface area contributed by atoms with E-state index in [9.17, 15) is 19.7 Å². The van der Waals surface area contributed by atoms with Crippen LogP contribution in [0.5, 0.6) is 0 Å². The Morgan fingerprint density at radius 1 is 1.28 bits per heavy atom. The zero-order chi connectivity index (χ0) is 18.4. The van der Waals surface area contributed by atoms with Gasteiger partial charge in [0.1, 0.15) is 5.76 Å². The molecule has 0 aliphatic rings. The summed E-state index contributed by atoms with van der Waals surface area (Å²) in [5.41, 5.74) is 1.87. The molecule has 1 N–H and O–H groups in total. The fraction of sp³-hybridized carbons (Fsp3) is 0.312. The van der Waals surface area contributed by atoms with Crippen molar-refractivity contribution in [3.8, 4) is 0 Å². The van der Waals surface area contributed by atoms with Gasteiger partial charge in [-0.1, -0.05) is 5.16 Å². The number of ether oxygens (including phenoxy) is 1. The number of esters is 1. The molecule has 0 fully saturated rings. The van der Waals surface area contributed by atoms with Crippen LogP contribution < -0.4 is 5.32 Å². The molecular formula is C16H17N3O6. The maximum Gasteiger partial charge on any atom is 0.306 e. The lowest BCUT2D eigenvalue weighted by Gasteiger charge is -2.06. The fourth-order valence-corrected chi connectivity index (χ4v) is 2.17. The lowest BCUT2D eigenvalue weighted by atomic mass is 10.1. The van der Waals surface area contributed by atoms with Crippen molar-refractivity contribution in [3.05, 3.63) is 51.4 Å². The van der Waals surface area contributed by atoms with E-state index in [0.717, 1.165) is 11.3 Å². The first kappa shape index (κ1) is 18.1. The van der Waals surface area contributed by atoms with Gasteiger partial charge < -0.3 is 14.6 Å². The minimum absolute atomic E-state index is 0.0799. The van der Waals surface area contributed by atoms with E-state index in [1.807, 2.05) is 0 Å². The molecule has 0 saturated carbocycles. The number of benzene rings is 1. The Balaban J connectivity index is 1.75. The summed E-state index contributed by atoms with van der Waals surface area (Å²) >= 11 is 0. The van der Waals surface area contributed by atoms with Crippen LogP contribution in [0.1, 0.15) is 23.4 Å². The van der Waals surface area contributed by atoms with Crippen LogP contribution in [0, 0.1) is 24.0 Å². The van der Waals surface area contributed by atoms with Crippen LogP contribution in [-0.2, 0) is 20.7 Å². The Morgan fingerprint density at radius 3 is 2.52 bits per heavy atom. The Morgan fingerprint density at radius 2 is 1.96 bits per heavy atom. The quantitative estimate of drug-likeness (QED) is 0.463. The van der Waals surface area contributed by atoms with E-state index in [2.05, 4.69) is 10.5 Å². The van der Waals surface area contributed by atoms with Crippen LogP contribution in [0.2, 0.25) is 0 Å². The third-order valence-corrected chi connectivity index (χ3v) is 3.49. The smallest absolute Gasteiger partial charge is 0.306 e. The highest BCUT2D eigenvalue weighted by atomic mass is 16.6. The van der Waals surface area contributed by atoms with Gasteiger partial charge in [-0.2, -0.15) is 0 Å². The first-order valence-corrected chi connectivity index (χ1v) is 7.48. The lowest BCUT2D eigenvalue weighted by Crippen LogP contribution is -2.21. The third-order valence-electron chi connectivity index (χ3n) is 3.49. The van der Waals surface area contributed by atoms with Crippen molar-refractivity contribution in [1.82, 2.24) is 5.16 Å². The van der Waals surface area contributed by atoms with Crippen LogP contribution in [-0.4, -0.2) is 28.6 Å². The van der Waals surface area contributed by atoms with E-state index < -0.39 is 23.4 Å². The molecule has 0 spiro atoms. The van der Waals surface area contributed by atoms with Crippen molar-refractivity contribution >= 4 is 23.3 Å². The van der Waals surface area contributed by atoms with Crippen molar-refractivity contribution in [1.29, 1.82) is 0 Å². The predicted molar refractivity (Wildman–Crippen MR) is 87.0 cm³/mol. The van der Waals surface area contributed by atoms with Crippen LogP contribution in [0.4, 0.5) is 11.4 Å². The molecule has 0 bridgehead atoms. The second-order valence-electron chi connectivity index (χ2n) is 5.32. The predicted octanol–water partition coefficient (Wildman–Crippen LogP) is 2.31. The largest absolute Gasteiger partial charge is 0.456 e. The number of nitro groups is 1. The summed E-state index contributed by atoms with van der Waals surface area (Å²) in [6, 6.07) is 5.33. The normalized spacial score (nSPS) is 10.3. The minimum Gasteiger partial charge on any atom is -0.456 e. The van der Waals surface area contributed by atoms with E-state index in [1.165, 1.54) is 24.3 Å². The average Bonchev–Trinajstić information content (AvgIpc) is 2.90. The first-order valence-electron chi connectivity index (χ1n) is 7.48. The molecule has 1 aromatic heterocycles. The van der Waals surface area contributed by atoms with Gasteiger partial charge >= 0.3 is 5.97 Å². The molecule has 0 saturated heterocycles. The highest BCUT2D eigenvalue weighted by Crippen LogP contribution is 2.16. The van der Waals surface area contributed by atoms with Gasteiger partial charge in [-0.25, -0.2) is 0 Å². The Kier molecular flexibility index (Phi) is 5.83. The molecule has 132 valence electrons. The van der Waals surface area contributed by atoms with Gasteiger partial charge in [-0.15, -0.1) is 0 Å². The van der Waals surface area contributed by atoms with E-state index in [-0.39, 0.29) is 12.1 Å². The van der Waals surface area contributed by atoms with Gasteiger partial charge in [0.25, 0.3) is 11.6 Å². The van der Waals surface area contributed by atoms with Crippen LogP contribution in [0.25, 0.3) is 0 Å². The average molecular weight is 347 g/mol. The number of rotatable bonds is 7. The highest BCUT2D eigenvalue weighted by Gasteiger charge is 2.13. The van der Waals surface area contributed by atoms with Gasteiger partial charge in [0.15, 0.2) is 6.61 Å². The zero-order valence-electron chi connectivity index (χ0n) is 13.8. The van der Waals surface area contributed by atoms with E-state index >= 15 is 0 Å². The van der Waals surface area contributed by atoms with Crippen molar-refractivity contribution in [3.63, 3.8) is 0 Å². The molecule has 0 unspecified atom stereocenters. The summed E-state index contributed by atoms with van der Waals surface area (Å²) in [5, 5.41) is 16.8. The monoisotopic (exact) mass is 347 g/mol. The van der Waals surface area contributed by atoms with Crippen molar-refractivity contribution in [2.75, 3.05) is 11.9 Å². The Bertz CT molecular complexity index is 762. The van der Waals surface area contributed by atoms with Crippen molar-refractivity contribution in [2.45, 2.75) is 26.7 Å². The second-order valence-corrected chi connectivity index (χ2v) is 5.32. The molecule has 9 heteroatoms. The van der Waals surface area contributed by atoms with Crippen molar-refractivity contribution < 1.29 is 23.8 Å². The molecule has 0 aliphatic carbocycles. The standard InChI is InChI=1S/C16H17N3O6/c1-10-14(11(2)25-18-10)7-8-16(21)24-9-15(20)17-12-3-5-13(6-4-12)19(22)23/h3-6H,7-9H2,1-2H3,(H,17,20). The summed E-state index contributed by atoms with van der Waals surface area (Å²) in [6.07, 6.45) is 0.525. The molecule has 0 aliphatic heterocycles. The summed E-state index contributed by atoms with van der Waals surface area (Å²) < 4.78 is 9.91. The molecular weight excluding hydrogens is 330 g/mol. The van der Waals surface area contributed by atoms with Gasteiger partial charge in [-0.3, -0.25) is 19.7 Å². The van der Waals surface area contributed by atoms with Gasteiger partial charge in [0.2, 0.25) is 0 Å². The Labute approximate surface area is 143 Å². The number of anilines is 1. The SMILES string of the molecule is Cc1noc(C)c1CCC(=O)OCC(=O)Nc1ccc([N+](=O)[O-])cc1. The Hall–Kier alpha value is -3.23. The topological polar surface area (TPSA) is 125 Å². The van der Waals surface area contributed by atoms with E-state index in [0.29, 0.717) is 17.9 Å². The molecule has 1 aromatic carbocycles. The summed E-state index contributed by atoms with van der Waals surface area (Å²) in [5.74, 6) is -0.389. The van der Waals surface area contributed by atoms with Crippen LogP contribution in [0.3, 0.4) is 0 Å². The number of nitrogens with zero attached hydrogens (tertiary/aromatic N) is 2. The highest BCUT2D eigenvalue weighted by molar-refractivity contribution is 5.92. The van der Waals surface area contributed by atoms with E-state index in [4.69, 9.17) is 9.26 Å². The maximum atomic E-state index is 11.7. The number of amides is 1. The summed E-state index contributed by atoms with van der Waals surface area (Å²) in [7, 11) is 0. The number of aryl methyl sites for hydroxylation is 2. The van der Waals surface area contributed by atoms with E-state index in [1.54, 1.807) is 13.8 Å².